The summed E-state index contributed by atoms with van der Waals surface area (Å²) in [5, 5.41) is 3.14. The minimum atomic E-state index is -1.12. The van der Waals surface area contributed by atoms with Crippen LogP contribution in [0.15, 0.2) is 89.6 Å². The predicted molar refractivity (Wildman–Crippen MR) is 145 cm³/mol. The largest absolute Gasteiger partial charge is 0.322 e. The van der Waals surface area contributed by atoms with Crippen LogP contribution < -0.4 is 15.1 Å². The van der Waals surface area contributed by atoms with Crippen LogP contribution in [0, 0.1) is 5.82 Å². The molecule has 2 aliphatic heterocycles. The van der Waals surface area contributed by atoms with E-state index in [2.05, 4.69) is 10.3 Å². The molecule has 3 aromatic carbocycles. The van der Waals surface area contributed by atoms with Crippen LogP contribution in [0.4, 0.5) is 21.5 Å². The molecule has 0 saturated carbocycles. The summed E-state index contributed by atoms with van der Waals surface area (Å²) in [6.45, 7) is 3.37. The van der Waals surface area contributed by atoms with E-state index in [1.165, 1.54) is 34.1 Å². The zero-order valence-corrected chi connectivity index (χ0v) is 21.0. The topological polar surface area (TPSA) is 82.1 Å². The number of hydrogen-bond acceptors (Lipinski definition) is 5. The van der Waals surface area contributed by atoms with Gasteiger partial charge in [-0.1, -0.05) is 54.2 Å². The van der Waals surface area contributed by atoms with Crippen LogP contribution in [0.5, 0.6) is 0 Å². The zero-order chi connectivity index (χ0) is 26.2. The van der Waals surface area contributed by atoms with Gasteiger partial charge in [-0.25, -0.2) is 9.38 Å². The molecule has 0 radical (unpaired) electrons. The number of nitrogens with zero attached hydrogens (tertiary/aromatic N) is 3. The molecule has 3 aromatic rings. The van der Waals surface area contributed by atoms with E-state index in [4.69, 9.17) is 0 Å². The highest BCUT2D eigenvalue weighted by molar-refractivity contribution is 8.14. The number of fused-ring (bicyclic) bond motifs is 1. The van der Waals surface area contributed by atoms with Crippen LogP contribution in [0.2, 0.25) is 0 Å². The first-order chi connectivity index (χ1) is 17.8. The van der Waals surface area contributed by atoms with Crippen molar-refractivity contribution in [2.75, 3.05) is 20.9 Å². The molecule has 0 saturated heterocycles. The number of carbonyl (C=O) groups excluding carboxylic acids is 3. The molecule has 3 amide bonds. The van der Waals surface area contributed by atoms with E-state index in [0.29, 0.717) is 22.2 Å². The first-order valence-corrected chi connectivity index (χ1v) is 12.6. The quantitative estimate of drug-likeness (QED) is 0.493. The van der Waals surface area contributed by atoms with Crippen molar-refractivity contribution in [3.63, 3.8) is 0 Å². The smallest absolute Gasteiger partial charge is 0.283 e. The second kappa shape index (κ2) is 9.67. The summed E-state index contributed by atoms with van der Waals surface area (Å²) < 4.78 is 13.6. The van der Waals surface area contributed by atoms with Crippen LogP contribution >= 0.6 is 11.8 Å². The van der Waals surface area contributed by atoms with Crippen molar-refractivity contribution in [1.29, 1.82) is 0 Å². The Bertz CT molecular complexity index is 1450. The van der Waals surface area contributed by atoms with Crippen molar-refractivity contribution in [2.24, 2.45) is 4.99 Å². The second-order valence-electron chi connectivity index (χ2n) is 9.00. The van der Waals surface area contributed by atoms with Crippen LogP contribution in [0.25, 0.3) is 6.08 Å². The summed E-state index contributed by atoms with van der Waals surface area (Å²) in [4.78, 5) is 47.0. The number of amidine groups is 1. The van der Waals surface area contributed by atoms with E-state index in [-0.39, 0.29) is 29.2 Å². The van der Waals surface area contributed by atoms with Crippen molar-refractivity contribution in [3.05, 3.63) is 95.9 Å². The highest BCUT2D eigenvalue weighted by Gasteiger charge is 2.44. The summed E-state index contributed by atoms with van der Waals surface area (Å²) in [5.74, 6) is -1.49. The van der Waals surface area contributed by atoms with Gasteiger partial charge < -0.3 is 5.32 Å². The minimum Gasteiger partial charge on any atom is -0.322 e. The number of amides is 3. The Morgan fingerprint density at radius 1 is 1.00 bits per heavy atom. The Labute approximate surface area is 217 Å². The maximum Gasteiger partial charge on any atom is 0.283 e. The van der Waals surface area contributed by atoms with Gasteiger partial charge in [0.1, 0.15) is 17.1 Å². The first kappa shape index (κ1) is 24.5. The van der Waals surface area contributed by atoms with Crippen LogP contribution in [0.1, 0.15) is 19.4 Å². The van der Waals surface area contributed by atoms with Gasteiger partial charge in [-0.3, -0.25) is 24.2 Å². The summed E-state index contributed by atoms with van der Waals surface area (Å²) in [6.07, 6.45) is 1.67. The lowest BCUT2D eigenvalue weighted by Crippen LogP contribution is -2.59. The maximum absolute atomic E-state index is 13.6. The fraction of sp³-hybridized carbons (Fsp3) is 0.143. The molecule has 0 spiro atoms. The van der Waals surface area contributed by atoms with Crippen LogP contribution in [-0.4, -0.2) is 34.2 Å². The molecule has 2 aliphatic rings. The number of aliphatic imine (C=N–C) groups is 1. The average molecular weight is 515 g/mol. The molecular formula is C28H23FN4O3S. The number of nitrogens with one attached hydrogen (secondary N) is 1. The van der Waals surface area contributed by atoms with Gasteiger partial charge in [0.25, 0.3) is 5.91 Å². The van der Waals surface area contributed by atoms with Crippen LogP contribution in [0.3, 0.4) is 0 Å². The molecule has 0 aromatic heterocycles. The normalized spacial score (nSPS) is 17.5. The average Bonchev–Trinajstić information content (AvgIpc) is 3.19. The Morgan fingerprint density at radius 3 is 2.41 bits per heavy atom. The molecule has 0 atom stereocenters. The Kier molecular flexibility index (Phi) is 6.39. The lowest BCUT2D eigenvalue weighted by molar-refractivity contribution is -0.125. The third kappa shape index (κ3) is 4.65. The molecule has 2 heterocycles. The van der Waals surface area contributed by atoms with Crippen molar-refractivity contribution in [2.45, 2.75) is 19.4 Å². The van der Waals surface area contributed by atoms with Gasteiger partial charge in [-0.2, -0.15) is 0 Å². The van der Waals surface area contributed by atoms with E-state index in [1.807, 2.05) is 30.3 Å². The summed E-state index contributed by atoms with van der Waals surface area (Å²) in [5.41, 5.74) is 1.47. The number of para-hydroxylation sites is 2. The molecule has 0 aliphatic carbocycles. The van der Waals surface area contributed by atoms with Crippen LogP contribution in [-0.2, 0) is 14.4 Å². The predicted octanol–water partition coefficient (Wildman–Crippen LogP) is 5.07. The molecule has 0 bridgehead atoms. The van der Waals surface area contributed by atoms with Gasteiger partial charge >= 0.3 is 0 Å². The molecule has 9 heteroatoms. The molecule has 1 N–H and O–H groups in total. The minimum absolute atomic E-state index is 0.0759. The monoisotopic (exact) mass is 514 g/mol. The van der Waals surface area contributed by atoms with E-state index < -0.39 is 11.4 Å². The van der Waals surface area contributed by atoms with Gasteiger partial charge in [0.2, 0.25) is 11.8 Å². The number of rotatable bonds is 4. The Hall–Kier alpha value is -4.24. The van der Waals surface area contributed by atoms with Crippen molar-refractivity contribution in [3.8, 4) is 0 Å². The van der Waals surface area contributed by atoms with Crippen molar-refractivity contribution in [1.82, 2.24) is 0 Å². The molecule has 0 fully saturated rings. The third-order valence-corrected chi connectivity index (χ3v) is 7.02. The summed E-state index contributed by atoms with van der Waals surface area (Å²) >= 11 is 1.09. The second-order valence-corrected chi connectivity index (χ2v) is 9.94. The first-order valence-electron chi connectivity index (χ1n) is 11.6. The molecule has 5 rings (SSSR count). The lowest BCUT2D eigenvalue weighted by atomic mass is 9.96. The highest BCUT2D eigenvalue weighted by Crippen LogP contribution is 2.37. The Balaban J connectivity index is 1.45. The molecule has 0 unspecified atom stereocenters. The van der Waals surface area contributed by atoms with E-state index >= 15 is 0 Å². The SMILES string of the molecule is CC1(C)C(=O)Nc2ccccc2N1C(=O)CSC1=N/C(=C/c2ccccc2)C(=O)N1c1ccc(F)cc1. The number of anilines is 3. The van der Waals surface area contributed by atoms with Gasteiger partial charge in [0, 0.05) is 0 Å². The summed E-state index contributed by atoms with van der Waals surface area (Å²) in [6, 6.07) is 21.9. The molecular weight excluding hydrogens is 491 g/mol. The molecule has 37 heavy (non-hydrogen) atoms. The number of thioether (sulfide) groups is 1. The standard InChI is InChI=1S/C28H23FN4O3S/c1-28(2)26(36)30-21-10-6-7-11-23(21)33(28)24(34)17-37-27-31-22(16-18-8-4-3-5-9-18)25(35)32(27)20-14-12-19(29)13-15-20/h3-16H,17H2,1-2H3,(H,30,36)/b22-16+. The molecule has 186 valence electrons. The highest BCUT2D eigenvalue weighted by atomic mass is 32.2. The van der Waals surface area contributed by atoms with E-state index in [9.17, 15) is 18.8 Å². The van der Waals surface area contributed by atoms with Crippen molar-refractivity contribution < 1.29 is 18.8 Å². The van der Waals surface area contributed by atoms with Gasteiger partial charge in [0.15, 0.2) is 5.17 Å². The van der Waals surface area contributed by atoms with Crippen molar-refractivity contribution >= 4 is 57.8 Å². The zero-order valence-electron chi connectivity index (χ0n) is 20.1. The van der Waals surface area contributed by atoms with Gasteiger partial charge in [-0.05, 0) is 61.9 Å². The number of halogens is 1. The summed E-state index contributed by atoms with van der Waals surface area (Å²) in [7, 11) is 0. The lowest BCUT2D eigenvalue weighted by Gasteiger charge is -2.42. The van der Waals surface area contributed by atoms with E-state index in [0.717, 1.165) is 17.3 Å². The van der Waals surface area contributed by atoms with Gasteiger partial charge in [-0.15, -0.1) is 0 Å². The van der Waals surface area contributed by atoms with Gasteiger partial charge in [0.05, 0.1) is 22.8 Å². The Morgan fingerprint density at radius 2 is 1.68 bits per heavy atom. The third-order valence-electron chi connectivity index (χ3n) is 6.10. The fourth-order valence-corrected chi connectivity index (χ4v) is 5.07. The number of benzene rings is 3. The number of carbonyl (C=O) groups is 3. The number of hydrogen-bond donors (Lipinski definition) is 1. The maximum atomic E-state index is 13.6. The van der Waals surface area contributed by atoms with E-state index in [1.54, 1.807) is 44.2 Å². The molecule has 7 nitrogen and oxygen atoms in total. The fourth-order valence-electron chi connectivity index (χ4n) is 4.21.